The molecular weight excluding hydrogens is 361 g/mol. The van der Waals surface area contributed by atoms with Crippen LogP contribution in [0.1, 0.15) is 5.69 Å². The van der Waals surface area contributed by atoms with E-state index in [0.717, 1.165) is 32.3 Å². The van der Waals surface area contributed by atoms with E-state index in [0.29, 0.717) is 10.5 Å². The Balaban J connectivity index is 2.08. The molecule has 1 N–H and O–H groups in total. The zero-order valence-electron chi connectivity index (χ0n) is 13.2. The van der Waals surface area contributed by atoms with Gasteiger partial charge in [-0.05, 0) is 48.7 Å². The smallest absolute Gasteiger partial charge is 0.323 e. The van der Waals surface area contributed by atoms with Gasteiger partial charge in [-0.2, -0.15) is 0 Å². The van der Waals surface area contributed by atoms with Gasteiger partial charge in [0.1, 0.15) is 12.4 Å². The molecule has 0 bridgehead atoms. The van der Waals surface area contributed by atoms with E-state index in [4.69, 9.17) is 11.6 Å². The van der Waals surface area contributed by atoms with Gasteiger partial charge < -0.3 is 9.67 Å². The number of hydrogen-bond donors (Lipinski definition) is 1. The largest absolute Gasteiger partial charge is 0.480 e. The molecular formula is C19H13ClFNO2S. The maximum atomic E-state index is 13.8. The van der Waals surface area contributed by atoms with Crippen molar-refractivity contribution in [3.8, 4) is 11.1 Å². The number of aromatic nitrogens is 1. The fourth-order valence-corrected chi connectivity index (χ4v) is 4.43. The Hall–Kier alpha value is -2.37. The third-order valence-electron chi connectivity index (χ3n) is 4.38. The highest BCUT2D eigenvalue weighted by Crippen LogP contribution is 2.41. The normalized spacial score (nSPS) is 11.5. The summed E-state index contributed by atoms with van der Waals surface area (Å²) in [6.45, 7) is 1.65. The van der Waals surface area contributed by atoms with Crippen LogP contribution in [0.25, 0.3) is 32.1 Å². The highest BCUT2D eigenvalue weighted by atomic mass is 35.5. The lowest BCUT2D eigenvalue weighted by Crippen LogP contribution is -2.10. The number of nitrogens with zero attached hydrogens (tertiary/aromatic N) is 1. The molecule has 0 aliphatic heterocycles. The number of aliphatic carboxylic acids is 1. The van der Waals surface area contributed by atoms with E-state index in [2.05, 4.69) is 0 Å². The number of thiophene rings is 1. The zero-order chi connectivity index (χ0) is 17.7. The average molecular weight is 374 g/mol. The van der Waals surface area contributed by atoms with E-state index in [1.807, 2.05) is 30.5 Å². The van der Waals surface area contributed by atoms with Crippen LogP contribution in [0.15, 0.2) is 41.8 Å². The van der Waals surface area contributed by atoms with Crippen LogP contribution >= 0.6 is 22.9 Å². The number of carboxylic acid groups (broad SMARTS) is 1. The molecule has 3 nitrogen and oxygen atoms in total. The molecule has 2 aromatic heterocycles. The van der Waals surface area contributed by atoms with Crippen LogP contribution < -0.4 is 0 Å². The topological polar surface area (TPSA) is 42.2 Å². The molecule has 2 heterocycles. The third kappa shape index (κ3) is 2.60. The molecule has 25 heavy (non-hydrogen) atoms. The molecule has 0 atom stereocenters. The van der Waals surface area contributed by atoms with Gasteiger partial charge in [-0.15, -0.1) is 11.3 Å². The van der Waals surface area contributed by atoms with Gasteiger partial charge in [0.15, 0.2) is 0 Å². The summed E-state index contributed by atoms with van der Waals surface area (Å²) >= 11 is 7.76. The van der Waals surface area contributed by atoms with Crippen molar-refractivity contribution in [1.82, 2.24) is 4.57 Å². The van der Waals surface area contributed by atoms with Crippen LogP contribution in [-0.4, -0.2) is 15.6 Å². The van der Waals surface area contributed by atoms with Gasteiger partial charge in [0.25, 0.3) is 0 Å². The van der Waals surface area contributed by atoms with Crippen LogP contribution in [0.5, 0.6) is 0 Å². The van der Waals surface area contributed by atoms with E-state index in [1.54, 1.807) is 22.0 Å². The Labute approximate surface area is 151 Å². The van der Waals surface area contributed by atoms with Crippen molar-refractivity contribution >= 4 is 49.9 Å². The summed E-state index contributed by atoms with van der Waals surface area (Å²) in [7, 11) is 0. The van der Waals surface area contributed by atoms with Crippen molar-refractivity contribution in [1.29, 1.82) is 0 Å². The number of hydrogen-bond acceptors (Lipinski definition) is 2. The van der Waals surface area contributed by atoms with E-state index >= 15 is 0 Å². The van der Waals surface area contributed by atoms with Gasteiger partial charge in [0.2, 0.25) is 0 Å². The summed E-state index contributed by atoms with van der Waals surface area (Å²) < 4.78 is 16.5. The van der Waals surface area contributed by atoms with Crippen LogP contribution in [0, 0.1) is 12.7 Å². The van der Waals surface area contributed by atoms with Crippen molar-refractivity contribution in [2.24, 2.45) is 0 Å². The summed E-state index contributed by atoms with van der Waals surface area (Å²) in [6.07, 6.45) is 0. The number of carbonyl (C=O) groups is 1. The minimum Gasteiger partial charge on any atom is -0.480 e. The predicted octanol–water partition coefficient (Wildman–Crippen LogP) is 5.71. The molecule has 0 spiro atoms. The van der Waals surface area contributed by atoms with Gasteiger partial charge >= 0.3 is 5.97 Å². The third-order valence-corrected chi connectivity index (χ3v) is 5.58. The maximum Gasteiger partial charge on any atom is 0.323 e. The molecule has 0 saturated carbocycles. The minimum atomic E-state index is -0.964. The molecule has 126 valence electrons. The Morgan fingerprint density at radius 2 is 2.04 bits per heavy atom. The standard InChI is InChI=1S/C19H13ClFNO2S/c1-10-19(15-9-25-17-5-2-11(20)6-14(15)17)13-4-3-12(21)7-16(13)22(10)8-18(23)24/h2-7,9H,8H2,1H3,(H,23,24). The Morgan fingerprint density at radius 3 is 2.80 bits per heavy atom. The summed E-state index contributed by atoms with van der Waals surface area (Å²) in [5.74, 6) is -1.35. The molecule has 0 amide bonds. The van der Waals surface area contributed by atoms with E-state index < -0.39 is 5.97 Å². The van der Waals surface area contributed by atoms with E-state index in [1.165, 1.54) is 12.1 Å². The second-order valence-electron chi connectivity index (χ2n) is 5.89. The number of carboxylic acids is 1. The molecule has 0 aliphatic carbocycles. The summed E-state index contributed by atoms with van der Waals surface area (Å²) in [5, 5.41) is 13.8. The SMILES string of the molecule is Cc1c(-c2csc3ccc(Cl)cc23)c2ccc(F)cc2n1CC(=O)O. The van der Waals surface area contributed by atoms with E-state index in [-0.39, 0.29) is 12.4 Å². The monoisotopic (exact) mass is 373 g/mol. The molecule has 0 fully saturated rings. The first kappa shape index (κ1) is 16.1. The molecule has 0 unspecified atom stereocenters. The first-order valence-corrected chi connectivity index (χ1v) is 8.88. The lowest BCUT2D eigenvalue weighted by molar-refractivity contribution is -0.137. The van der Waals surface area contributed by atoms with Gasteiger partial charge in [-0.3, -0.25) is 4.79 Å². The molecule has 4 rings (SSSR count). The second-order valence-corrected chi connectivity index (χ2v) is 7.24. The number of fused-ring (bicyclic) bond motifs is 2. The predicted molar refractivity (Wildman–Crippen MR) is 100 cm³/mol. The van der Waals surface area contributed by atoms with Crippen LogP contribution in [0.3, 0.4) is 0 Å². The highest BCUT2D eigenvalue weighted by Gasteiger charge is 2.20. The van der Waals surface area contributed by atoms with Gasteiger partial charge in [0, 0.05) is 37.3 Å². The van der Waals surface area contributed by atoms with Crippen molar-refractivity contribution in [2.45, 2.75) is 13.5 Å². The van der Waals surface area contributed by atoms with Crippen molar-refractivity contribution in [3.63, 3.8) is 0 Å². The van der Waals surface area contributed by atoms with Gasteiger partial charge in [-0.25, -0.2) is 4.39 Å². The van der Waals surface area contributed by atoms with Crippen molar-refractivity contribution in [2.75, 3.05) is 0 Å². The number of halogens is 2. The van der Waals surface area contributed by atoms with E-state index in [9.17, 15) is 14.3 Å². The maximum absolute atomic E-state index is 13.8. The lowest BCUT2D eigenvalue weighted by Gasteiger charge is -2.05. The summed E-state index contributed by atoms with van der Waals surface area (Å²) in [5.41, 5.74) is 3.28. The average Bonchev–Trinajstić information content (AvgIpc) is 3.07. The summed E-state index contributed by atoms with van der Waals surface area (Å²) in [4.78, 5) is 11.3. The molecule has 4 aromatic rings. The molecule has 6 heteroatoms. The molecule has 2 aromatic carbocycles. The molecule has 0 radical (unpaired) electrons. The Morgan fingerprint density at radius 1 is 1.24 bits per heavy atom. The van der Waals surface area contributed by atoms with Crippen molar-refractivity contribution < 1.29 is 14.3 Å². The zero-order valence-corrected chi connectivity index (χ0v) is 14.8. The fraction of sp³-hybridized carbons (Fsp3) is 0.105. The van der Waals surface area contributed by atoms with Gasteiger partial charge in [-0.1, -0.05) is 11.6 Å². The number of benzene rings is 2. The molecule has 0 aliphatic rings. The lowest BCUT2D eigenvalue weighted by atomic mass is 10.0. The summed E-state index contributed by atoms with van der Waals surface area (Å²) in [6, 6.07) is 10.2. The van der Waals surface area contributed by atoms with Crippen LogP contribution in [-0.2, 0) is 11.3 Å². The van der Waals surface area contributed by atoms with Gasteiger partial charge in [0.05, 0.1) is 5.52 Å². The first-order valence-electron chi connectivity index (χ1n) is 7.63. The Kier molecular flexibility index (Phi) is 3.78. The number of rotatable bonds is 3. The highest BCUT2D eigenvalue weighted by molar-refractivity contribution is 7.17. The first-order chi connectivity index (χ1) is 12.0. The minimum absolute atomic E-state index is 0.214. The second kappa shape index (κ2) is 5.86. The molecule has 0 saturated heterocycles. The quantitative estimate of drug-likeness (QED) is 0.500. The Bertz CT molecular complexity index is 1150. The van der Waals surface area contributed by atoms with Crippen LogP contribution in [0.2, 0.25) is 5.02 Å². The fourth-order valence-electron chi connectivity index (χ4n) is 3.32. The van der Waals surface area contributed by atoms with Crippen molar-refractivity contribution in [3.05, 3.63) is 58.3 Å². The van der Waals surface area contributed by atoms with Crippen LogP contribution in [0.4, 0.5) is 4.39 Å².